The molecular formula is C24H25NO2. The molecule has 0 saturated carbocycles. The summed E-state index contributed by atoms with van der Waals surface area (Å²) in [5.41, 5.74) is 6.12. The van der Waals surface area contributed by atoms with E-state index in [-0.39, 0.29) is 0 Å². The predicted octanol–water partition coefficient (Wildman–Crippen LogP) is 4.67. The van der Waals surface area contributed by atoms with Gasteiger partial charge in [-0.05, 0) is 41.2 Å². The lowest BCUT2D eigenvalue weighted by atomic mass is 9.97. The van der Waals surface area contributed by atoms with Gasteiger partial charge in [-0.1, -0.05) is 60.7 Å². The molecule has 0 radical (unpaired) electrons. The van der Waals surface area contributed by atoms with Gasteiger partial charge in [0.1, 0.15) is 0 Å². The number of aromatic hydroxyl groups is 1. The molecular weight excluding hydrogens is 334 g/mol. The van der Waals surface area contributed by atoms with Crippen LogP contribution in [-0.2, 0) is 19.4 Å². The quantitative estimate of drug-likeness (QED) is 0.719. The molecule has 1 heterocycles. The molecule has 1 N–H and O–H groups in total. The van der Waals surface area contributed by atoms with Crippen molar-refractivity contribution in [3.63, 3.8) is 0 Å². The monoisotopic (exact) mass is 359 g/mol. The van der Waals surface area contributed by atoms with Crippen LogP contribution in [0.4, 0.5) is 0 Å². The van der Waals surface area contributed by atoms with Gasteiger partial charge in [-0.15, -0.1) is 0 Å². The molecule has 3 aromatic rings. The Morgan fingerprint density at radius 1 is 0.926 bits per heavy atom. The van der Waals surface area contributed by atoms with Gasteiger partial charge in [-0.2, -0.15) is 0 Å². The first kappa shape index (κ1) is 17.6. The second-order valence-electron chi connectivity index (χ2n) is 7.09. The Bertz CT molecular complexity index is 904. The van der Waals surface area contributed by atoms with Gasteiger partial charge in [0.2, 0.25) is 0 Å². The van der Waals surface area contributed by atoms with E-state index in [1.165, 1.54) is 22.3 Å². The van der Waals surface area contributed by atoms with Crippen molar-refractivity contribution in [2.45, 2.75) is 19.4 Å². The van der Waals surface area contributed by atoms with Crippen molar-refractivity contribution in [2.75, 3.05) is 20.2 Å². The van der Waals surface area contributed by atoms with Crippen molar-refractivity contribution in [3.8, 4) is 22.6 Å². The smallest absolute Gasteiger partial charge is 0.161 e. The lowest BCUT2D eigenvalue weighted by Crippen LogP contribution is -2.32. The molecule has 0 aliphatic carbocycles. The maximum Gasteiger partial charge on any atom is 0.161 e. The van der Waals surface area contributed by atoms with Crippen LogP contribution in [0.3, 0.4) is 0 Å². The largest absolute Gasteiger partial charge is 0.504 e. The standard InChI is InChI=1S/C24H25NO2/c1-27-23-12-11-21-17-25(16-14-22(21)24(23)26)15-13-18-7-9-20(10-8-18)19-5-3-2-4-6-19/h2-12,26H,13-17H2,1H3. The van der Waals surface area contributed by atoms with E-state index in [1.54, 1.807) is 7.11 Å². The molecule has 3 aromatic carbocycles. The average Bonchev–Trinajstić information content (AvgIpc) is 2.73. The highest BCUT2D eigenvalue weighted by Gasteiger charge is 2.20. The number of rotatable bonds is 5. The highest BCUT2D eigenvalue weighted by Crippen LogP contribution is 2.35. The van der Waals surface area contributed by atoms with E-state index in [1.807, 2.05) is 12.1 Å². The molecule has 3 heteroatoms. The maximum atomic E-state index is 10.3. The Labute approximate surface area is 160 Å². The zero-order chi connectivity index (χ0) is 18.6. The molecule has 3 nitrogen and oxygen atoms in total. The first-order valence-electron chi connectivity index (χ1n) is 9.49. The summed E-state index contributed by atoms with van der Waals surface area (Å²) in [7, 11) is 1.60. The number of phenolic OH excluding ortho intramolecular Hbond substituents is 1. The fourth-order valence-corrected chi connectivity index (χ4v) is 3.81. The summed E-state index contributed by atoms with van der Waals surface area (Å²) >= 11 is 0. The minimum absolute atomic E-state index is 0.311. The molecule has 27 heavy (non-hydrogen) atoms. The molecule has 0 bridgehead atoms. The lowest BCUT2D eigenvalue weighted by Gasteiger charge is -2.29. The Balaban J connectivity index is 1.38. The van der Waals surface area contributed by atoms with Gasteiger partial charge >= 0.3 is 0 Å². The zero-order valence-electron chi connectivity index (χ0n) is 15.7. The van der Waals surface area contributed by atoms with Gasteiger partial charge < -0.3 is 9.84 Å². The van der Waals surface area contributed by atoms with Crippen LogP contribution in [0.5, 0.6) is 11.5 Å². The maximum absolute atomic E-state index is 10.3. The average molecular weight is 359 g/mol. The van der Waals surface area contributed by atoms with Crippen LogP contribution in [0.1, 0.15) is 16.7 Å². The van der Waals surface area contributed by atoms with Crippen LogP contribution < -0.4 is 4.74 Å². The van der Waals surface area contributed by atoms with Gasteiger partial charge in [0, 0.05) is 25.2 Å². The fourth-order valence-electron chi connectivity index (χ4n) is 3.81. The molecule has 1 aliphatic heterocycles. The summed E-state index contributed by atoms with van der Waals surface area (Å²) in [6.07, 6.45) is 1.90. The van der Waals surface area contributed by atoms with E-state index < -0.39 is 0 Å². The van der Waals surface area contributed by atoms with Crippen molar-refractivity contribution in [2.24, 2.45) is 0 Å². The summed E-state index contributed by atoms with van der Waals surface area (Å²) < 4.78 is 5.22. The number of phenols is 1. The number of methoxy groups -OCH3 is 1. The summed E-state index contributed by atoms with van der Waals surface area (Å²) in [5.74, 6) is 0.881. The lowest BCUT2D eigenvalue weighted by molar-refractivity contribution is 0.253. The van der Waals surface area contributed by atoms with E-state index in [9.17, 15) is 5.11 Å². The van der Waals surface area contributed by atoms with Gasteiger partial charge in [0.15, 0.2) is 11.5 Å². The Morgan fingerprint density at radius 2 is 1.67 bits per heavy atom. The van der Waals surface area contributed by atoms with Crippen LogP contribution in [-0.4, -0.2) is 30.2 Å². The molecule has 0 aromatic heterocycles. The molecule has 0 spiro atoms. The number of nitrogens with zero attached hydrogens (tertiary/aromatic N) is 1. The van der Waals surface area contributed by atoms with Gasteiger partial charge in [0.05, 0.1) is 7.11 Å². The van der Waals surface area contributed by atoms with Crippen molar-refractivity contribution in [1.29, 1.82) is 0 Å². The second kappa shape index (κ2) is 7.85. The van der Waals surface area contributed by atoms with Crippen LogP contribution in [0.2, 0.25) is 0 Å². The normalized spacial score (nSPS) is 14.0. The number of ether oxygens (including phenoxy) is 1. The van der Waals surface area contributed by atoms with Crippen molar-refractivity contribution < 1.29 is 9.84 Å². The van der Waals surface area contributed by atoms with Crippen LogP contribution in [0.15, 0.2) is 66.7 Å². The fraction of sp³-hybridized carbons (Fsp3) is 0.250. The van der Waals surface area contributed by atoms with Crippen LogP contribution >= 0.6 is 0 Å². The Hall–Kier alpha value is -2.78. The van der Waals surface area contributed by atoms with E-state index in [4.69, 9.17) is 4.74 Å². The SMILES string of the molecule is COc1ccc2c(c1O)CCN(CCc1ccc(-c3ccccc3)cc1)C2. The Kier molecular flexibility index (Phi) is 5.12. The van der Waals surface area contributed by atoms with E-state index in [0.717, 1.165) is 38.0 Å². The third kappa shape index (κ3) is 3.83. The summed E-state index contributed by atoms with van der Waals surface area (Å²) in [5, 5.41) is 10.3. The van der Waals surface area contributed by atoms with Crippen LogP contribution in [0.25, 0.3) is 11.1 Å². The third-order valence-electron chi connectivity index (χ3n) is 5.41. The van der Waals surface area contributed by atoms with Gasteiger partial charge in [-0.25, -0.2) is 0 Å². The molecule has 0 fully saturated rings. The van der Waals surface area contributed by atoms with Gasteiger partial charge in [-0.3, -0.25) is 4.90 Å². The van der Waals surface area contributed by atoms with Gasteiger partial charge in [0.25, 0.3) is 0 Å². The first-order valence-corrected chi connectivity index (χ1v) is 9.49. The topological polar surface area (TPSA) is 32.7 Å². The summed E-state index contributed by atoms with van der Waals surface area (Å²) in [4.78, 5) is 2.46. The van der Waals surface area contributed by atoms with E-state index >= 15 is 0 Å². The number of benzene rings is 3. The van der Waals surface area contributed by atoms with Crippen molar-refractivity contribution in [1.82, 2.24) is 4.90 Å². The molecule has 0 unspecified atom stereocenters. The molecule has 4 rings (SSSR count). The van der Waals surface area contributed by atoms with E-state index in [0.29, 0.717) is 11.5 Å². The van der Waals surface area contributed by atoms with Crippen molar-refractivity contribution >= 4 is 0 Å². The minimum atomic E-state index is 0.311. The highest BCUT2D eigenvalue weighted by atomic mass is 16.5. The molecule has 0 saturated heterocycles. The summed E-state index contributed by atoms with van der Waals surface area (Å²) in [6, 6.07) is 23.3. The number of hydrogen-bond donors (Lipinski definition) is 1. The van der Waals surface area contributed by atoms with Crippen LogP contribution in [0, 0.1) is 0 Å². The third-order valence-corrected chi connectivity index (χ3v) is 5.41. The first-order chi connectivity index (χ1) is 13.2. The molecule has 138 valence electrons. The molecule has 1 aliphatic rings. The molecule has 0 amide bonds. The molecule has 0 atom stereocenters. The highest BCUT2D eigenvalue weighted by molar-refractivity contribution is 5.63. The minimum Gasteiger partial charge on any atom is -0.504 e. The Morgan fingerprint density at radius 3 is 2.41 bits per heavy atom. The second-order valence-corrected chi connectivity index (χ2v) is 7.09. The summed E-state index contributed by atoms with van der Waals surface area (Å²) in [6.45, 7) is 2.88. The zero-order valence-corrected chi connectivity index (χ0v) is 15.7. The number of hydrogen-bond acceptors (Lipinski definition) is 3. The van der Waals surface area contributed by atoms with E-state index in [2.05, 4.69) is 59.5 Å². The van der Waals surface area contributed by atoms with Crippen molar-refractivity contribution in [3.05, 3.63) is 83.4 Å². The predicted molar refractivity (Wildman–Crippen MR) is 109 cm³/mol. The number of fused-ring (bicyclic) bond motifs is 1.